The van der Waals surface area contributed by atoms with E-state index in [1.165, 1.54) is 6.92 Å². The van der Waals surface area contributed by atoms with Crippen molar-refractivity contribution in [1.82, 2.24) is 4.90 Å². The number of allylic oxidation sites excluding steroid dienone is 1. The van der Waals surface area contributed by atoms with Gasteiger partial charge in [-0.05, 0) is 6.92 Å². The molecule has 5 nitrogen and oxygen atoms in total. The Bertz CT molecular complexity index is 392. The molecule has 1 amide bonds. The zero-order chi connectivity index (χ0) is 14.6. The highest BCUT2D eigenvalue weighted by atomic mass is 19.4. The van der Waals surface area contributed by atoms with Crippen LogP contribution in [0.3, 0.4) is 0 Å². The van der Waals surface area contributed by atoms with E-state index in [0.717, 1.165) is 0 Å². The highest BCUT2D eigenvalue weighted by Crippen LogP contribution is 2.33. The van der Waals surface area contributed by atoms with Crippen molar-refractivity contribution in [3.05, 3.63) is 11.8 Å². The van der Waals surface area contributed by atoms with Gasteiger partial charge in [-0.1, -0.05) is 0 Å². The SMILES string of the molecule is CCOC(=O)C=C(N1CC(CO)CC1=O)C(F)(F)F. The lowest BCUT2D eigenvalue weighted by Crippen LogP contribution is -2.34. The van der Waals surface area contributed by atoms with Crippen molar-refractivity contribution in [3.8, 4) is 0 Å². The number of rotatable bonds is 4. The van der Waals surface area contributed by atoms with Gasteiger partial charge in [0, 0.05) is 25.5 Å². The summed E-state index contributed by atoms with van der Waals surface area (Å²) in [4.78, 5) is 23.1. The number of nitrogens with zero attached hydrogens (tertiary/aromatic N) is 1. The molecule has 1 N–H and O–H groups in total. The summed E-state index contributed by atoms with van der Waals surface area (Å²) in [5.74, 6) is -2.48. The molecule has 8 heteroatoms. The largest absolute Gasteiger partial charge is 0.463 e. The molecule has 0 aromatic carbocycles. The predicted molar refractivity (Wildman–Crippen MR) is 57.7 cm³/mol. The van der Waals surface area contributed by atoms with E-state index in [0.29, 0.717) is 4.90 Å². The van der Waals surface area contributed by atoms with E-state index in [2.05, 4.69) is 4.74 Å². The van der Waals surface area contributed by atoms with Gasteiger partial charge < -0.3 is 14.7 Å². The molecule has 1 aliphatic rings. The van der Waals surface area contributed by atoms with E-state index < -0.39 is 29.7 Å². The van der Waals surface area contributed by atoms with Crippen molar-refractivity contribution < 1.29 is 32.6 Å². The zero-order valence-corrected chi connectivity index (χ0v) is 10.2. The van der Waals surface area contributed by atoms with Crippen LogP contribution in [-0.2, 0) is 14.3 Å². The maximum Gasteiger partial charge on any atom is 0.431 e. The average Bonchev–Trinajstić information content (AvgIpc) is 2.66. The number of carbonyl (C=O) groups excluding carboxylic acids is 2. The van der Waals surface area contributed by atoms with Crippen molar-refractivity contribution in [2.45, 2.75) is 19.5 Å². The van der Waals surface area contributed by atoms with Gasteiger partial charge in [-0.25, -0.2) is 4.79 Å². The number of hydrogen-bond acceptors (Lipinski definition) is 4. The van der Waals surface area contributed by atoms with Crippen LogP contribution in [0.1, 0.15) is 13.3 Å². The normalized spacial score (nSPS) is 20.9. The second-order valence-electron chi connectivity index (χ2n) is 4.04. The monoisotopic (exact) mass is 281 g/mol. The molecular formula is C11H14F3NO4. The number of likely N-dealkylation sites (tertiary alicyclic amines) is 1. The Kier molecular flexibility index (Phi) is 4.93. The third-order valence-corrected chi connectivity index (χ3v) is 2.59. The fourth-order valence-electron chi connectivity index (χ4n) is 1.75. The van der Waals surface area contributed by atoms with Gasteiger partial charge in [-0.15, -0.1) is 0 Å². The number of esters is 1. The minimum atomic E-state index is -4.84. The second-order valence-corrected chi connectivity index (χ2v) is 4.04. The Morgan fingerprint density at radius 1 is 1.58 bits per heavy atom. The molecule has 1 unspecified atom stereocenters. The fraction of sp³-hybridized carbons (Fsp3) is 0.636. The lowest BCUT2D eigenvalue weighted by Gasteiger charge is -2.22. The molecule has 0 aromatic rings. The fourth-order valence-corrected chi connectivity index (χ4v) is 1.75. The van der Waals surface area contributed by atoms with Crippen molar-refractivity contribution in [2.75, 3.05) is 19.8 Å². The van der Waals surface area contributed by atoms with Gasteiger partial charge >= 0.3 is 12.1 Å². The summed E-state index contributed by atoms with van der Waals surface area (Å²) in [7, 11) is 0. The lowest BCUT2D eigenvalue weighted by atomic mass is 10.1. The molecule has 0 bridgehead atoms. The van der Waals surface area contributed by atoms with E-state index in [4.69, 9.17) is 5.11 Å². The Morgan fingerprint density at radius 3 is 2.63 bits per heavy atom. The standard InChI is InChI=1S/C11H14F3NO4/c1-2-19-10(18)4-8(11(12,13)14)15-5-7(6-16)3-9(15)17/h4,7,16H,2-3,5-6H2,1H3. The Balaban J connectivity index is 2.99. The number of hydrogen-bond donors (Lipinski definition) is 1. The molecule has 1 saturated heterocycles. The van der Waals surface area contributed by atoms with Crippen LogP contribution in [0.25, 0.3) is 0 Å². The molecular weight excluding hydrogens is 267 g/mol. The van der Waals surface area contributed by atoms with Crippen LogP contribution < -0.4 is 0 Å². The van der Waals surface area contributed by atoms with E-state index in [1.807, 2.05) is 0 Å². The first-order chi connectivity index (χ1) is 8.79. The van der Waals surface area contributed by atoms with Crippen LogP contribution in [0, 0.1) is 5.92 Å². The van der Waals surface area contributed by atoms with Crippen LogP contribution in [0.15, 0.2) is 11.8 Å². The van der Waals surface area contributed by atoms with Gasteiger partial charge in [-0.3, -0.25) is 4.79 Å². The molecule has 1 heterocycles. The maximum absolute atomic E-state index is 12.8. The van der Waals surface area contributed by atoms with Gasteiger partial charge in [0.15, 0.2) is 0 Å². The summed E-state index contributed by atoms with van der Waals surface area (Å²) in [6.45, 7) is 0.752. The number of ether oxygens (including phenoxy) is 1. The minimum absolute atomic E-state index is 0.0618. The van der Waals surface area contributed by atoms with Crippen LogP contribution >= 0.6 is 0 Å². The van der Waals surface area contributed by atoms with Gasteiger partial charge in [0.25, 0.3) is 0 Å². The van der Waals surface area contributed by atoms with Crippen molar-refractivity contribution >= 4 is 11.9 Å². The van der Waals surface area contributed by atoms with Crippen LogP contribution in [-0.4, -0.2) is 47.8 Å². The molecule has 0 radical (unpaired) electrons. The highest BCUT2D eigenvalue weighted by molar-refractivity contribution is 5.86. The topological polar surface area (TPSA) is 66.8 Å². The highest BCUT2D eigenvalue weighted by Gasteiger charge is 2.44. The summed E-state index contributed by atoms with van der Waals surface area (Å²) in [5, 5.41) is 8.88. The maximum atomic E-state index is 12.8. The van der Waals surface area contributed by atoms with Crippen molar-refractivity contribution in [3.63, 3.8) is 0 Å². The molecule has 1 aliphatic heterocycles. The van der Waals surface area contributed by atoms with Gasteiger partial charge in [-0.2, -0.15) is 13.2 Å². The third-order valence-electron chi connectivity index (χ3n) is 2.59. The first kappa shape index (κ1) is 15.5. The number of aliphatic hydroxyl groups is 1. The molecule has 0 aromatic heterocycles. The predicted octanol–water partition coefficient (Wildman–Crippen LogP) is 0.836. The van der Waals surface area contributed by atoms with Crippen LogP contribution in [0.2, 0.25) is 0 Å². The second kappa shape index (κ2) is 6.05. The third kappa shape index (κ3) is 3.95. The molecule has 0 aliphatic carbocycles. The summed E-state index contributed by atoms with van der Waals surface area (Å²) >= 11 is 0. The Morgan fingerprint density at radius 2 is 2.21 bits per heavy atom. The molecule has 0 spiro atoms. The number of aliphatic hydroxyl groups excluding tert-OH is 1. The Labute approximate surface area is 107 Å². The van der Waals surface area contributed by atoms with Gasteiger partial charge in [0.1, 0.15) is 5.70 Å². The smallest absolute Gasteiger partial charge is 0.431 e. The Hall–Kier alpha value is -1.57. The molecule has 1 atom stereocenters. The van der Waals surface area contributed by atoms with E-state index >= 15 is 0 Å². The molecule has 19 heavy (non-hydrogen) atoms. The molecule has 1 fully saturated rings. The molecule has 108 valence electrons. The van der Waals surface area contributed by atoms with E-state index in [9.17, 15) is 22.8 Å². The lowest BCUT2D eigenvalue weighted by molar-refractivity contribution is -0.142. The van der Waals surface area contributed by atoms with Gasteiger partial charge in [0.05, 0.1) is 12.7 Å². The first-order valence-electron chi connectivity index (χ1n) is 5.66. The number of alkyl halides is 3. The summed E-state index contributed by atoms with van der Waals surface area (Å²) in [6, 6.07) is 0. The van der Waals surface area contributed by atoms with E-state index in [1.54, 1.807) is 0 Å². The quantitative estimate of drug-likeness (QED) is 0.612. The minimum Gasteiger partial charge on any atom is -0.463 e. The summed E-state index contributed by atoms with van der Waals surface area (Å²) in [5.41, 5.74) is -1.35. The zero-order valence-electron chi connectivity index (χ0n) is 10.2. The van der Waals surface area contributed by atoms with E-state index in [-0.39, 0.29) is 32.3 Å². The molecule has 1 rings (SSSR count). The molecule has 0 saturated carbocycles. The first-order valence-corrected chi connectivity index (χ1v) is 5.66. The van der Waals surface area contributed by atoms with Crippen LogP contribution in [0.4, 0.5) is 13.2 Å². The summed E-state index contributed by atoms with van der Waals surface area (Å²) in [6.07, 6.45) is -4.75. The van der Waals surface area contributed by atoms with Crippen LogP contribution in [0.5, 0.6) is 0 Å². The number of carbonyl (C=O) groups is 2. The summed E-state index contributed by atoms with van der Waals surface area (Å²) < 4.78 is 42.9. The number of halogens is 3. The average molecular weight is 281 g/mol. The van der Waals surface area contributed by atoms with Gasteiger partial charge in [0.2, 0.25) is 5.91 Å². The number of amides is 1. The van der Waals surface area contributed by atoms with Crippen molar-refractivity contribution in [2.24, 2.45) is 5.92 Å². The van der Waals surface area contributed by atoms with Crippen molar-refractivity contribution in [1.29, 1.82) is 0 Å².